The molecule has 0 aliphatic heterocycles. The van der Waals surface area contributed by atoms with Crippen LogP contribution in [-0.2, 0) is 6.42 Å². The van der Waals surface area contributed by atoms with Crippen molar-refractivity contribution in [2.45, 2.75) is 38.1 Å². The molecule has 2 saturated carbocycles. The Morgan fingerprint density at radius 1 is 1.22 bits per heavy atom. The van der Waals surface area contributed by atoms with Crippen LogP contribution in [0.5, 0.6) is 0 Å². The van der Waals surface area contributed by atoms with Gasteiger partial charge in [-0.25, -0.2) is 0 Å². The molecule has 0 saturated heterocycles. The van der Waals surface area contributed by atoms with Gasteiger partial charge in [0.25, 0.3) is 0 Å². The fourth-order valence-electron chi connectivity index (χ4n) is 3.85. The Hall–Kier alpha value is -0.380. The molecular weight excluding hydrogens is 288 g/mol. The Morgan fingerprint density at radius 2 is 1.89 bits per heavy atom. The molecule has 2 aliphatic rings. The molecule has 1 aromatic carbocycles. The van der Waals surface area contributed by atoms with E-state index in [4.69, 9.17) is 5.84 Å². The molecule has 3 N–H and O–H groups in total. The monoisotopic (exact) mass is 308 g/mol. The Labute approximate surface area is 117 Å². The molecule has 3 rings (SSSR count). The van der Waals surface area contributed by atoms with E-state index in [1.807, 2.05) is 0 Å². The smallest absolute Gasteiger partial charge is 0.0285 e. The molecule has 0 aromatic heterocycles. The molecule has 18 heavy (non-hydrogen) atoms. The lowest BCUT2D eigenvalue weighted by atomic mass is 10.0. The number of hydrogen-bond donors (Lipinski definition) is 2. The molecule has 0 heterocycles. The Bertz CT molecular complexity index is 409. The summed E-state index contributed by atoms with van der Waals surface area (Å²) in [5, 5.41) is 0. The molecule has 2 aliphatic carbocycles. The van der Waals surface area contributed by atoms with E-state index >= 15 is 0 Å². The van der Waals surface area contributed by atoms with Gasteiger partial charge in [-0.2, -0.15) is 0 Å². The van der Waals surface area contributed by atoms with E-state index in [9.17, 15) is 0 Å². The minimum absolute atomic E-state index is 0.441. The lowest BCUT2D eigenvalue weighted by molar-refractivity contribution is 0.436. The normalized spacial score (nSPS) is 31.8. The predicted octanol–water partition coefficient (Wildman–Crippen LogP) is 3.26. The number of rotatable bonds is 4. The van der Waals surface area contributed by atoms with Crippen molar-refractivity contribution in [1.82, 2.24) is 5.43 Å². The SMILES string of the molecule is NNC(Cc1ccccc1Br)C1C2CCCCC21. The standard InChI is InChI=1S/C15H21BrN2/c16-13-8-4-1-5-10(13)9-14(18-17)15-11-6-2-3-7-12(11)15/h1,4-5,8,11-12,14-15,18H,2-3,6-7,9,17H2. The van der Waals surface area contributed by atoms with Gasteiger partial charge < -0.3 is 0 Å². The fraction of sp³-hybridized carbons (Fsp3) is 0.600. The van der Waals surface area contributed by atoms with Gasteiger partial charge in [0, 0.05) is 10.5 Å². The molecule has 2 fully saturated rings. The number of hydrazine groups is 1. The topological polar surface area (TPSA) is 38.0 Å². The second-order valence-electron chi connectivity index (χ2n) is 5.76. The predicted molar refractivity (Wildman–Crippen MR) is 77.9 cm³/mol. The van der Waals surface area contributed by atoms with Crippen molar-refractivity contribution in [3.8, 4) is 0 Å². The lowest BCUT2D eigenvalue weighted by Crippen LogP contribution is -2.39. The average molecular weight is 309 g/mol. The molecule has 1 aromatic rings. The van der Waals surface area contributed by atoms with Crippen molar-refractivity contribution in [3.05, 3.63) is 34.3 Å². The molecule has 0 bridgehead atoms. The van der Waals surface area contributed by atoms with Crippen molar-refractivity contribution >= 4 is 15.9 Å². The van der Waals surface area contributed by atoms with Crippen molar-refractivity contribution in [3.63, 3.8) is 0 Å². The minimum atomic E-state index is 0.441. The summed E-state index contributed by atoms with van der Waals surface area (Å²) in [6.07, 6.45) is 6.72. The fourth-order valence-corrected chi connectivity index (χ4v) is 4.30. The van der Waals surface area contributed by atoms with Crippen molar-refractivity contribution in [2.24, 2.45) is 23.6 Å². The molecule has 2 nitrogen and oxygen atoms in total. The average Bonchev–Trinajstić information content (AvgIpc) is 3.12. The van der Waals surface area contributed by atoms with Gasteiger partial charge in [-0.15, -0.1) is 0 Å². The molecule has 3 unspecified atom stereocenters. The summed E-state index contributed by atoms with van der Waals surface area (Å²) >= 11 is 3.63. The van der Waals surface area contributed by atoms with Crippen molar-refractivity contribution in [2.75, 3.05) is 0 Å². The van der Waals surface area contributed by atoms with Crippen LogP contribution in [0.4, 0.5) is 0 Å². The maximum absolute atomic E-state index is 5.80. The zero-order valence-electron chi connectivity index (χ0n) is 10.6. The second kappa shape index (κ2) is 5.32. The first-order chi connectivity index (χ1) is 8.81. The van der Waals surface area contributed by atoms with E-state index in [1.54, 1.807) is 0 Å². The molecule has 3 atom stereocenters. The third-order valence-corrected chi connectivity index (χ3v) is 5.57. The van der Waals surface area contributed by atoms with Crippen LogP contribution >= 0.6 is 15.9 Å². The van der Waals surface area contributed by atoms with Gasteiger partial charge in [0.1, 0.15) is 0 Å². The number of benzene rings is 1. The third kappa shape index (κ3) is 2.36. The highest BCUT2D eigenvalue weighted by Gasteiger charge is 2.53. The van der Waals surface area contributed by atoms with Crippen LogP contribution in [0.25, 0.3) is 0 Å². The number of fused-ring (bicyclic) bond motifs is 1. The van der Waals surface area contributed by atoms with Gasteiger partial charge in [0.15, 0.2) is 0 Å². The number of halogens is 1. The Morgan fingerprint density at radius 3 is 2.50 bits per heavy atom. The molecule has 0 amide bonds. The Balaban J connectivity index is 1.69. The highest BCUT2D eigenvalue weighted by atomic mass is 79.9. The number of nitrogens with two attached hydrogens (primary N) is 1. The molecule has 98 valence electrons. The zero-order chi connectivity index (χ0) is 12.5. The molecule has 0 spiro atoms. The third-order valence-electron chi connectivity index (χ3n) is 4.80. The highest BCUT2D eigenvalue weighted by Crippen LogP contribution is 2.57. The molecule has 0 radical (unpaired) electrons. The van der Waals surface area contributed by atoms with Gasteiger partial charge in [-0.1, -0.05) is 47.0 Å². The first kappa shape index (κ1) is 12.6. The first-order valence-corrected chi connectivity index (χ1v) is 7.80. The van der Waals surface area contributed by atoms with Crippen LogP contribution in [0, 0.1) is 17.8 Å². The van der Waals surface area contributed by atoms with E-state index in [0.29, 0.717) is 6.04 Å². The Kier molecular flexibility index (Phi) is 3.73. The van der Waals surface area contributed by atoms with E-state index in [0.717, 1.165) is 24.2 Å². The van der Waals surface area contributed by atoms with Crippen LogP contribution in [0.2, 0.25) is 0 Å². The summed E-state index contributed by atoms with van der Waals surface area (Å²) in [7, 11) is 0. The zero-order valence-corrected chi connectivity index (χ0v) is 12.2. The maximum atomic E-state index is 5.80. The van der Waals surface area contributed by atoms with Gasteiger partial charge in [-0.05, 0) is 48.6 Å². The van der Waals surface area contributed by atoms with E-state index in [2.05, 4.69) is 45.6 Å². The second-order valence-corrected chi connectivity index (χ2v) is 6.61. The summed E-state index contributed by atoms with van der Waals surface area (Å²) in [5.41, 5.74) is 4.44. The summed E-state index contributed by atoms with van der Waals surface area (Å²) in [6.45, 7) is 0. The van der Waals surface area contributed by atoms with Gasteiger partial charge in [0.2, 0.25) is 0 Å². The quantitative estimate of drug-likeness (QED) is 0.662. The van der Waals surface area contributed by atoms with Crippen LogP contribution in [0.3, 0.4) is 0 Å². The first-order valence-electron chi connectivity index (χ1n) is 7.01. The minimum Gasteiger partial charge on any atom is -0.271 e. The summed E-state index contributed by atoms with van der Waals surface area (Å²) in [6, 6.07) is 8.92. The van der Waals surface area contributed by atoms with E-state index < -0.39 is 0 Å². The van der Waals surface area contributed by atoms with Gasteiger partial charge in [0.05, 0.1) is 0 Å². The van der Waals surface area contributed by atoms with E-state index in [1.165, 1.54) is 35.7 Å². The summed E-state index contributed by atoms with van der Waals surface area (Å²) in [4.78, 5) is 0. The molecular formula is C15H21BrN2. The van der Waals surface area contributed by atoms with Crippen molar-refractivity contribution in [1.29, 1.82) is 0 Å². The van der Waals surface area contributed by atoms with Crippen LogP contribution in [0.15, 0.2) is 28.7 Å². The van der Waals surface area contributed by atoms with Crippen LogP contribution < -0.4 is 11.3 Å². The van der Waals surface area contributed by atoms with Crippen LogP contribution in [0.1, 0.15) is 31.2 Å². The largest absolute Gasteiger partial charge is 0.271 e. The molecule has 3 heteroatoms. The van der Waals surface area contributed by atoms with Gasteiger partial charge in [-0.3, -0.25) is 11.3 Å². The van der Waals surface area contributed by atoms with Crippen molar-refractivity contribution < 1.29 is 0 Å². The summed E-state index contributed by atoms with van der Waals surface area (Å²) < 4.78 is 1.20. The summed E-state index contributed by atoms with van der Waals surface area (Å²) in [5.74, 6) is 8.50. The van der Waals surface area contributed by atoms with E-state index in [-0.39, 0.29) is 0 Å². The highest BCUT2D eigenvalue weighted by molar-refractivity contribution is 9.10. The number of nitrogens with one attached hydrogen (secondary N) is 1. The van der Waals surface area contributed by atoms with Crippen LogP contribution in [-0.4, -0.2) is 6.04 Å². The van der Waals surface area contributed by atoms with Gasteiger partial charge >= 0.3 is 0 Å². The maximum Gasteiger partial charge on any atom is 0.0285 e. The lowest BCUT2D eigenvalue weighted by Gasteiger charge is -2.17. The number of hydrogen-bond acceptors (Lipinski definition) is 2.